The molecule has 8 heteroatoms. The maximum absolute atomic E-state index is 12.3. The number of rotatable bonds is 3. The zero-order valence-corrected chi connectivity index (χ0v) is 12.2. The molecule has 0 spiro atoms. The van der Waals surface area contributed by atoms with Crippen LogP contribution in [0.5, 0.6) is 0 Å². The molecule has 1 amide bonds. The highest BCUT2D eigenvalue weighted by Crippen LogP contribution is 2.15. The SMILES string of the molecule is CS(=O)(=O)c1ccc(C(=O)N2CCOCC2C(=O)O)cc1. The van der Waals surface area contributed by atoms with E-state index in [1.54, 1.807) is 0 Å². The Morgan fingerprint density at radius 1 is 1.29 bits per heavy atom. The average Bonchev–Trinajstić information content (AvgIpc) is 2.45. The number of amides is 1. The maximum Gasteiger partial charge on any atom is 0.328 e. The molecule has 1 heterocycles. The van der Waals surface area contributed by atoms with E-state index in [0.717, 1.165) is 6.26 Å². The van der Waals surface area contributed by atoms with Crippen molar-refractivity contribution in [3.05, 3.63) is 29.8 Å². The molecule has 0 saturated carbocycles. The first-order chi connectivity index (χ1) is 9.80. The molecule has 1 aliphatic heterocycles. The third kappa shape index (κ3) is 3.40. The van der Waals surface area contributed by atoms with Crippen molar-refractivity contribution < 1.29 is 27.9 Å². The number of hydrogen-bond donors (Lipinski definition) is 1. The topological polar surface area (TPSA) is 101 Å². The van der Waals surface area contributed by atoms with Gasteiger partial charge in [-0.3, -0.25) is 4.79 Å². The molecule has 1 saturated heterocycles. The Morgan fingerprint density at radius 3 is 2.43 bits per heavy atom. The smallest absolute Gasteiger partial charge is 0.328 e. The van der Waals surface area contributed by atoms with E-state index in [2.05, 4.69) is 0 Å². The molecule has 1 atom stereocenters. The quantitative estimate of drug-likeness (QED) is 0.844. The molecule has 21 heavy (non-hydrogen) atoms. The third-order valence-electron chi connectivity index (χ3n) is 3.20. The number of carboxylic acid groups (broad SMARTS) is 1. The number of sulfone groups is 1. The number of ether oxygens (including phenoxy) is 1. The Morgan fingerprint density at radius 2 is 1.90 bits per heavy atom. The van der Waals surface area contributed by atoms with Crippen LogP contribution in [0.25, 0.3) is 0 Å². The highest BCUT2D eigenvalue weighted by atomic mass is 32.2. The van der Waals surface area contributed by atoms with Crippen molar-refractivity contribution in [2.75, 3.05) is 26.0 Å². The van der Waals surface area contributed by atoms with Gasteiger partial charge < -0.3 is 14.7 Å². The van der Waals surface area contributed by atoms with Gasteiger partial charge in [0.05, 0.1) is 18.1 Å². The van der Waals surface area contributed by atoms with Crippen LogP contribution in [-0.4, -0.2) is 62.4 Å². The van der Waals surface area contributed by atoms with E-state index in [1.807, 2.05) is 0 Å². The molecule has 1 aromatic rings. The normalized spacial score (nSPS) is 19.3. The summed E-state index contributed by atoms with van der Waals surface area (Å²) in [7, 11) is -3.33. The third-order valence-corrected chi connectivity index (χ3v) is 4.33. The molecule has 2 rings (SSSR count). The molecule has 0 bridgehead atoms. The number of carbonyl (C=O) groups is 2. The van der Waals surface area contributed by atoms with Gasteiger partial charge in [0.25, 0.3) is 5.91 Å². The summed E-state index contributed by atoms with van der Waals surface area (Å²) < 4.78 is 27.8. The number of morpholine rings is 1. The van der Waals surface area contributed by atoms with Gasteiger partial charge in [0.2, 0.25) is 0 Å². The first-order valence-electron chi connectivity index (χ1n) is 6.22. The molecule has 1 aliphatic rings. The van der Waals surface area contributed by atoms with Crippen molar-refractivity contribution in [2.45, 2.75) is 10.9 Å². The fraction of sp³-hybridized carbons (Fsp3) is 0.385. The molecule has 0 radical (unpaired) electrons. The Labute approximate surface area is 122 Å². The van der Waals surface area contributed by atoms with Gasteiger partial charge in [-0.25, -0.2) is 13.2 Å². The van der Waals surface area contributed by atoms with Crippen LogP contribution in [0.2, 0.25) is 0 Å². The Kier molecular flexibility index (Phi) is 4.29. The summed E-state index contributed by atoms with van der Waals surface area (Å²) in [5.74, 6) is -1.58. The van der Waals surface area contributed by atoms with Crippen molar-refractivity contribution in [3.8, 4) is 0 Å². The molecule has 1 aromatic carbocycles. The minimum Gasteiger partial charge on any atom is -0.480 e. The van der Waals surface area contributed by atoms with E-state index in [0.29, 0.717) is 0 Å². The van der Waals surface area contributed by atoms with Gasteiger partial charge in [0.15, 0.2) is 15.9 Å². The minimum absolute atomic E-state index is 0.0531. The van der Waals surface area contributed by atoms with Gasteiger partial charge in [-0.05, 0) is 24.3 Å². The van der Waals surface area contributed by atoms with Gasteiger partial charge in [0.1, 0.15) is 0 Å². The molecule has 114 valence electrons. The van der Waals surface area contributed by atoms with E-state index in [1.165, 1.54) is 29.2 Å². The zero-order chi connectivity index (χ0) is 15.6. The van der Waals surface area contributed by atoms with Crippen LogP contribution >= 0.6 is 0 Å². The second kappa shape index (κ2) is 5.82. The largest absolute Gasteiger partial charge is 0.480 e. The molecular weight excluding hydrogens is 298 g/mol. The van der Waals surface area contributed by atoms with Crippen molar-refractivity contribution >= 4 is 21.7 Å². The number of nitrogens with zero attached hydrogens (tertiary/aromatic N) is 1. The first-order valence-corrected chi connectivity index (χ1v) is 8.11. The predicted octanol–water partition coefficient (Wildman–Crippen LogP) is 0.0157. The number of carboxylic acids is 1. The Balaban J connectivity index is 2.24. The molecule has 0 aromatic heterocycles. The second-order valence-corrected chi connectivity index (χ2v) is 6.74. The lowest BCUT2D eigenvalue weighted by atomic mass is 10.1. The molecular formula is C13H15NO6S. The lowest BCUT2D eigenvalue weighted by Gasteiger charge is -2.32. The van der Waals surface area contributed by atoms with Crippen LogP contribution in [0.3, 0.4) is 0 Å². The fourth-order valence-corrected chi connectivity index (χ4v) is 2.69. The first kappa shape index (κ1) is 15.5. The van der Waals surface area contributed by atoms with Gasteiger partial charge in [0, 0.05) is 18.4 Å². The summed E-state index contributed by atoms with van der Waals surface area (Å²) in [6, 6.07) is 4.40. The number of aliphatic carboxylic acids is 1. The average molecular weight is 313 g/mol. The molecule has 7 nitrogen and oxygen atoms in total. The number of benzene rings is 1. The fourth-order valence-electron chi connectivity index (χ4n) is 2.06. The van der Waals surface area contributed by atoms with E-state index < -0.39 is 27.8 Å². The van der Waals surface area contributed by atoms with Crippen LogP contribution in [-0.2, 0) is 19.4 Å². The number of hydrogen-bond acceptors (Lipinski definition) is 5. The molecule has 0 aliphatic carbocycles. The van der Waals surface area contributed by atoms with Crippen LogP contribution < -0.4 is 0 Å². The highest BCUT2D eigenvalue weighted by Gasteiger charge is 2.33. The van der Waals surface area contributed by atoms with Crippen molar-refractivity contribution in [1.29, 1.82) is 0 Å². The molecule has 1 fully saturated rings. The second-order valence-electron chi connectivity index (χ2n) is 4.72. The van der Waals surface area contributed by atoms with Crippen LogP contribution in [0.4, 0.5) is 0 Å². The van der Waals surface area contributed by atoms with E-state index in [9.17, 15) is 18.0 Å². The standard InChI is InChI=1S/C13H15NO6S/c1-21(18,19)10-4-2-9(3-5-10)12(15)14-6-7-20-8-11(14)13(16)17/h2-5,11H,6-8H2,1H3,(H,16,17). The van der Waals surface area contributed by atoms with E-state index in [4.69, 9.17) is 9.84 Å². The van der Waals surface area contributed by atoms with Gasteiger partial charge in [-0.1, -0.05) is 0 Å². The Hall–Kier alpha value is -1.93. The van der Waals surface area contributed by atoms with Gasteiger partial charge in [-0.2, -0.15) is 0 Å². The highest BCUT2D eigenvalue weighted by molar-refractivity contribution is 7.90. The predicted molar refractivity (Wildman–Crippen MR) is 72.8 cm³/mol. The molecule has 1 unspecified atom stereocenters. The van der Waals surface area contributed by atoms with Crippen LogP contribution in [0, 0.1) is 0 Å². The zero-order valence-electron chi connectivity index (χ0n) is 11.4. The van der Waals surface area contributed by atoms with Crippen molar-refractivity contribution in [1.82, 2.24) is 4.90 Å². The maximum atomic E-state index is 12.3. The van der Waals surface area contributed by atoms with Crippen LogP contribution in [0.15, 0.2) is 29.2 Å². The van der Waals surface area contributed by atoms with Gasteiger partial charge >= 0.3 is 5.97 Å². The lowest BCUT2D eigenvalue weighted by Crippen LogP contribution is -2.52. The summed E-state index contributed by atoms with van der Waals surface area (Å²) in [5, 5.41) is 9.10. The summed E-state index contributed by atoms with van der Waals surface area (Å²) in [4.78, 5) is 24.8. The van der Waals surface area contributed by atoms with E-state index in [-0.39, 0.29) is 30.2 Å². The molecule has 1 N–H and O–H groups in total. The lowest BCUT2D eigenvalue weighted by molar-refractivity contribution is -0.147. The van der Waals surface area contributed by atoms with Gasteiger partial charge in [-0.15, -0.1) is 0 Å². The number of carbonyl (C=O) groups excluding carboxylic acids is 1. The summed E-state index contributed by atoms with van der Waals surface area (Å²) >= 11 is 0. The summed E-state index contributed by atoms with van der Waals surface area (Å²) in [6.07, 6.45) is 1.08. The Bertz CT molecular complexity index is 652. The summed E-state index contributed by atoms with van der Waals surface area (Å²) in [5.41, 5.74) is 0.246. The monoisotopic (exact) mass is 313 g/mol. The summed E-state index contributed by atoms with van der Waals surface area (Å²) in [6.45, 7) is 0.406. The van der Waals surface area contributed by atoms with Crippen LogP contribution in [0.1, 0.15) is 10.4 Å². The van der Waals surface area contributed by atoms with Crippen molar-refractivity contribution in [3.63, 3.8) is 0 Å². The van der Waals surface area contributed by atoms with E-state index >= 15 is 0 Å². The minimum atomic E-state index is -3.33. The van der Waals surface area contributed by atoms with Crippen molar-refractivity contribution in [2.24, 2.45) is 0 Å².